The van der Waals surface area contributed by atoms with Gasteiger partial charge in [-0.1, -0.05) is 12.8 Å². The Balaban J connectivity index is 1.75. The molecule has 3 nitrogen and oxygen atoms in total. The van der Waals surface area contributed by atoms with Crippen molar-refractivity contribution >= 4 is 0 Å². The number of methoxy groups -OCH3 is 1. The Labute approximate surface area is 105 Å². The first-order valence-electron chi connectivity index (χ1n) is 7.16. The summed E-state index contributed by atoms with van der Waals surface area (Å²) in [6.45, 7) is 5.17. The van der Waals surface area contributed by atoms with Crippen LogP contribution in [0.1, 0.15) is 46.0 Å². The number of nitrogens with one attached hydrogen (secondary N) is 1. The minimum Gasteiger partial charge on any atom is -0.377 e. The van der Waals surface area contributed by atoms with E-state index in [0.29, 0.717) is 18.2 Å². The van der Waals surface area contributed by atoms with E-state index in [1.807, 2.05) is 0 Å². The molecule has 0 saturated heterocycles. The standard InChI is InChI=1S/C14H27NO2/c1-4-17-13-9-12(14(13)16-3)15-10(2)11-7-5-6-8-11/h10-15H,4-9H2,1-3H3/t10-,12?,13?,14?/m1/s1. The van der Waals surface area contributed by atoms with Crippen LogP contribution in [0, 0.1) is 5.92 Å². The fourth-order valence-electron chi connectivity index (χ4n) is 3.37. The van der Waals surface area contributed by atoms with Gasteiger partial charge in [0.15, 0.2) is 0 Å². The third-order valence-corrected chi connectivity index (χ3v) is 4.49. The van der Waals surface area contributed by atoms with E-state index in [1.54, 1.807) is 7.11 Å². The van der Waals surface area contributed by atoms with Crippen molar-refractivity contribution in [2.45, 2.75) is 70.2 Å². The second-order valence-corrected chi connectivity index (χ2v) is 5.54. The topological polar surface area (TPSA) is 30.5 Å². The highest BCUT2D eigenvalue weighted by molar-refractivity contribution is 4.98. The summed E-state index contributed by atoms with van der Waals surface area (Å²) in [5.41, 5.74) is 0. The van der Waals surface area contributed by atoms with Gasteiger partial charge < -0.3 is 14.8 Å². The van der Waals surface area contributed by atoms with Crippen LogP contribution in [0.15, 0.2) is 0 Å². The van der Waals surface area contributed by atoms with E-state index < -0.39 is 0 Å². The number of hydrogen-bond donors (Lipinski definition) is 1. The van der Waals surface area contributed by atoms with E-state index in [2.05, 4.69) is 19.2 Å². The second-order valence-electron chi connectivity index (χ2n) is 5.54. The van der Waals surface area contributed by atoms with E-state index >= 15 is 0 Å². The molecule has 2 fully saturated rings. The summed E-state index contributed by atoms with van der Waals surface area (Å²) in [6, 6.07) is 1.12. The van der Waals surface area contributed by atoms with Crippen LogP contribution in [-0.2, 0) is 9.47 Å². The molecule has 4 atom stereocenters. The Morgan fingerprint density at radius 2 is 2.00 bits per heavy atom. The van der Waals surface area contributed by atoms with Gasteiger partial charge in [0.05, 0.1) is 12.2 Å². The molecule has 0 heterocycles. The van der Waals surface area contributed by atoms with Gasteiger partial charge in [0.2, 0.25) is 0 Å². The molecule has 3 unspecified atom stereocenters. The third kappa shape index (κ3) is 3.01. The zero-order chi connectivity index (χ0) is 12.3. The van der Waals surface area contributed by atoms with E-state index in [4.69, 9.17) is 9.47 Å². The van der Waals surface area contributed by atoms with Gasteiger partial charge in [0, 0.05) is 25.8 Å². The van der Waals surface area contributed by atoms with Gasteiger partial charge in [-0.25, -0.2) is 0 Å². The molecule has 0 radical (unpaired) electrons. The first-order valence-corrected chi connectivity index (χ1v) is 7.16. The van der Waals surface area contributed by atoms with Crippen LogP contribution in [0.25, 0.3) is 0 Å². The van der Waals surface area contributed by atoms with Crippen molar-refractivity contribution in [3.05, 3.63) is 0 Å². The molecule has 0 aromatic carbocycles. The second kappa shape index (κ2) is 6.17. The van der Waals surface area contributed by atoms with Crippen molar-refractivity contribution in [1.82, 2.24) is 5.32 Å². The number of ether oxygens (including phenoxy) is 2. The lowest BCUT2D eigenvalue weighted by Crippen LogP contribution is -2.62. The minimum atomic E-state index is 0.249. The first-order chi connectivity index (χ1) is 8.26. The lowest BCUT2D eigenvalue weighted by atomic mass is 9.83. The lowest BCUT2D eigenvalue weighted by molar-refractivity contribution is -0.133. The summed E-state index contributed by atoms with van der Waals surface area (Å²) in [6.07, 6.45) is 7.27. The molecule has 2 rings (SSSR count). The minimum absolute atomic E-state index is 0.249. The van der Waals surface area contributed by atoms with Crippen molar-refractivity contribution in [2.24, 2.45) is 5.92 Å². The molecule has 2 aliphatic carbocycles. The number of rotatable bonds is 6. The highest BCUT2D eigenvalue weighted by Gasteiger charge is 2.43. The first kappa shape index (κ1) is 13.3. The monoisotopic (exact) mass is 241 g/mol. The summed E-state index contributed by atoms with van der Waals surface area (Å²) in [7, 11) is 1.80. The fourth-order valence-corrected chi connectivity index (χ4v) is 3.37. The van der Waals surface area contributed by atoms with E-state index in [1.165, 1.54) is 25.7 Å². The van der Waals surface area contributed by atoms with Crippen molar-refractivity contribution in [1.29, 1.82) is 0 Å². The molecule has 1 N–H and O–H groups in total. The predicted octanol–water partition coefficient (Wildman–Crippen LogP) is 2.35. The van der Waals surface area contributed by atoms with Crippen LogP contribution in [0.5, 0.6) is 0 Å². The average Bonchev–Trinajstić information content (AvgIpc) is 2.81. The fraction of sp³-hybridized carbons (Fsp3) is 1.00. The normalized spacial score (nSPS) is 35.8. The highest BCUT2D eigenvalue weighted by Crippen LogP contribution is 2.31. The maximum absolute atomic E-state index is 5.65. The molecule has 17 heavy (non-hydrogen) atoms. The lowest BCUT2D eigenvalue weighted by Gasteiger charge is -2.45. The SMILES string of the molecule is CCOC1CC(N[C@H](C)C2CCCC2)C1OC. The van der Waals surface area contributed by atoms with Crippen molar-refractivity contribution in [3.63, 3.8) is 0 Å². The summed E-state index contributed by atoms with van der Waals surface area (Å²) >= 11 is 0. The summed E-state index contributed by atoms with van der Waals surface area (Å²) in [5.74, 6) is 0.874. The van der Waals surface area contributed by atoms with Gasteiger partial charge in [-0.05, 0) is 39.0 Å². The molecular formula is C14H27NO2. The van der Waals surface area contributed by atoms with Gasteiger partial charge in [-0.15, -0.1) is 0 Å². The van der Waals surface area contributed by atoms with Gasteiger partial charge in [-0.3, -0.25) is 0 Å². The molecule has 0 amide bonds. The third-order valence-electron chi connectivity index (χ3n) is 4.49. The van der Waals surface area contributed by atoms with E-state index in [0.717, 1.165) is 18.9 Å². The summed E-state index contributed by atoms with van der Waals surface area (Å²) in [5, 5.41) is 3.74. The zero-order valence-electron chi connectivity index (χ0n) is 11.4. The Hall–Kier alpha value is -0.120. The Bertz CT molecular complexity index is 228. The largest absolute Gasteiger partial charge is 0.377 e. The number of hydrogen-bond acceptors (Lipinski definition) is 3. The molecule has 0 bridgehead atoms. The van der Waals surface area contributed by atoms with Crippen LogP contribution >= 0.6 is 0 Å². The van der Waals surface area contributed by atoms with Crippen LogP contribution in [0.3, 0.4) is 0 Å². The predicted molar refractivity (Wildman–Crippen MR) is 69.2 cm³/mol. The quantitative estimate of drug-likeness (QED) is 0.774. The molecule has 100 valence electrons. The van der Waals surface area contributed by atoms with Gasteiger partial charge in [0.1, 0.15) is 0 Å². The van der Waals surface area contributed by atoms with Crippen LogP contribution in [0.2, 0.25) is 0 Å². The van der Waals surface area contributed by atoms with Crippen LogP contribution in [0.4, 0.5) is 0 Å². The molecular weight excluding hydrogens is 214 g/mol. The Morgan fingerprint density at radius 1 is 1.29 bits per heavy atom. The maximum Gasteiger partial charge on any atom is 0.0986 e. The Morgan fingerprint density at radius 3 is 2.59 bits per heavy atom. The average molecular weight is 241 g/mol. The van der Waals surface area contributed by atoms with Crippen molar-refractivity contribution in [3.8, 4) is 0 Å². The van der Waals surface area contributed by atoms with Gasteiger partial charge in [-0.2, -0.15) is 0 Å². The highest BCUT2D eigenvalue weighted by atomic mass is 16.5. The maximum atomic E-state index is 5.65. The molecule has 0 aliphatic heterocycles. The van der Waals surface area contributed by atoms with Crippen molar-refractivity contribution in [2.75, 3.05) is 13.7 Å². The molecule has 0 spiro atoms. The van der Waals surface area contributed by atoms with E-state index in [9.17, 15) is 0 Å². The molecule has 2 saturated carbocycles. The smallest absolute Gasteiger partial charge is 0.0986 e. The molecule has 0 aromatic heterocycles. The Kier molecular flexibility index (Phi) is 4.83. The summed E-state index contributed by atoms with van der Waals surface area (Å²) < 4.78 is 11.2. The molecule has 0 aromatic rings. The van der Waals surface area contributed by atoms with Gasteiger partial charge >= 0.3 is 0 Å². The van der Waals surface area contributed by atoms with Gasteiger partial charge in [0.25, 0.3) is 0 Å². The zero-order valence-corrected chi connectivity index (χ0v) is 11.4. The van der Waals surface area contributed by atoms with Crippen LogP contribution in [-0.4, -0.2) is 38.0 Å². The van der Waals surface area contributed by atoms with Crippen LogP contribution < -0.4 is 5.32 Å². The van der Waals surface area contributed by atoms with Crippen molar-refractivity contribution < 1.29 is 9.47 Å². The molecule has 2 aliphatic rings. The molecule has 3 heteroatoms. The van der Waals surface area contributed by atoms with E-state index in [-0.39, 0.29) is 6.10 Å². The summed E-state index contributed by atoms with van der Waals surface area (Å²) in [4.78, 5) is 0.